The molecular weight excluding hydrogens is 206 g/mol. The van der Waals surface area contributed by atoms with Crippen molar-refractivity contribution in [3.8, 4) is 11.2 Å². The lowest BCUT2D eigenvalue weighted by atomic mass is 10.3. The SMILES string of the molecule is CCc1ccc(C#N)n1-c1nc(C)cs1. The zero-order valence-corrected chi connectivity index (χ0v) is 9.51. The highest BCUT2D eigenvalue weighted by Gasteiger charge is 2.10. The first-order chi connectivity index (χ1) is 7.26. The molecule has 3 nitrogen and oxygen atoms in total. The fourth-order valence-corrected chi connectivity index (χ4v) is 2.36. The summed E-state index contributed by atoms with van der Waals surface area (Å²) in [7, 11) is 0. The average molecular weight is 217 g/mol. The number of nitriles is 1. The van der Waals surface area contributed by atoms with Gasteiger partial charge in [-0.1, -0.05) is 6.92 Å². The highest BCUT2D eigenvalue weighted by Crippen LogP contribution is 2.20. The largest absolute Gasteiger partial charge is 0.281 e. The lowest BCUT2D eigenvalue weighted by molar-refractivity contribution is 0.909. The Morgan fingerprint density at radius 3 is 2.87 bits per heavy atom. The lowest BCUT2D eigenvalue weighted by Gasteiger charge is -2.04. The van der Waals surface area contributed by atoms with E-state index in [0.717, 1.165) is 22.9 Å². The summed E-state index contributed by atoms with van der Waals surface area (Å²) < 4.78 is 1.93. The molecule has 0 spiro atoms. The van der Waals surface area contributed by atoms with E-state index in [2.05, 4.69) is 18.0 Å². The Hall–Kier alpha value is -1.60. The topological polar surface area (TPSA) is 41.6 Å². The number of aryl methyl sites for hydroxylation is 2. The molecule has 4 heteroatoms. The lowest BCUT2D eigenvalue weighted by Crippen LogP contribution is -2.01. The van der Waals surface area contributed by atoms with Gasteiger partial charge in [0.05, 0.1) is 5.69 Å². The van der Waals surface area contributed by atoms with Crippen molar-refractivity contribution < 1.29 is 0 Å². The second-order valence-corrected chi connectivity index (χ2v) is 4.12. The number of rotatable bonds is 2. The van der Waals surface area contributed by atoms with Gasteiger partial charge in [-0.05, 0) is 25.5 Å². The molecule has 0 unspecified atom stereocenters. The van der Waals surface area contributed by atoms with Crippen LogP contribution in [0.25, 0.3) is 5.13 Å². The van der Waals surface area contributed by atoms with E-state index in [4.69, 9.17) is 5.26 Å². The maximum absolute atomic E-state index is 9.00. The van der Waals surface area contributed by atoms with Gasteiger partial charge in [0.2, 0.25) is 0 Å². The molecule has 0 fully saturated rings. The summed E-state index contributed by atoms with van der Waals surface area (Å²) >= 11 is 1.57. The van der Waals surface area contributed by atoms with Crippen LogP contribution >= 0.6 is 11.3 Å². The minimum absolute atomic E-state index is 0.654. The molecule has 2 rings (SSSR count). The smallest absolute Gasteiger partial charge is 0.195 e. The van der Waals surface area contributed by atoms with Gasteiger partial charge in [-0.3, -0.25) is 4.57 Å². The molecule has 76 valence electrons. The summed E-state index contributed by atoms with van der Waals surface area (Å²) in [6.07, 6.45) is 0.903. The molecular formula is C11H11N3S. The van der Waals surface area contributed by atoms with Crippen molar-refractivity contribution in [1.29, 1.82) is 5.26 Å². The minimum atomic E-state index is 0.654. The summed E-state index contributed by atoms with van der Waals surface area (Å²) in [6.45, 7) is 4.04. The summed E-state index contributed by atoms with van der Waals surface area (Å²) in [5, 5.41) is 11.9. The first kappa shape index (κ1) is 9.94. The molecule has 0 saturated heterocycles. The summed E-state index contributed by atoms with van der Waals surface area (Å²) in [4.78, 5) is 4.40. The second kappa shape index (κ2) is 3.87. The van der Waals surface area contributed by atoms with Gasteiger partial charge in [0.1, 0.15) is 11.8 Å². The van der Waals surface area contributed by atoms with E-state index in [1.165, 1.54) is 0 Å². The van der Waals surface area contributed by atoms with Gasteiger partial charge in [-0.2, -0.15) is 5.26 Å². The zero-order valence-electron chi connectivity index (χ0n) is 8.69. The fraction of sp³-hybridized carbons (Fsp3) is 0.273. The molecule has 0 aliphatic carbocycles. The van der Waals surface area contributed by atoms with Crippen molar-refractivity contribution in [3.63, 3.8) is 0 Å². The number of aromatic nitrogens is 2. The van der Waals surface area contributed by atoms with Crippen molar-refractivity contribution in [2.45, 2.75) is 20.3 Å². The Labute approximate surface area is 92.6 Å². The normalized spacial score (nSPS) is 10.2. The van der Waals surface area contributed by atoms with E-state index in [-0.39, 0.29) is 0 Å². The van der Waals surface area contributed by atoms with E-state index in [1.54, 1.807) is 11.3 Å². The average Bonchev–Trinajstić information content (AvgIpc) is 2.82. The standard InChI is InChI=1S/C11H11N3S/c1-3-9-4-5-10(6-12)14(9)11-13-8(2)7-15-11/h4-5,7H,3H2,1-2H3. The highest BCUT2D eigenvalue weighted by molar-refractivity contribution is 7.12. The van der Waals surface area contributed by atoms with Crippen molar-refractivity contribution in [1.82, 2.24) is 9.55 Å². The van der Waals surface area contributed by atoms with Crippen LogP contribution in [0.4, 0.5) is 0 Å². The van der Waals surface area contributed by atoms with Gasteiger partial charge < -0.3 is 0 Å². The molecule has 2 aromatic heterocycles. The van der Waals surface area contributed by atoms with E-state index < -0.39 is 0 Å². The third-order valence-corrected chi connectivity index (χ3v) is 3.18. The van der Waals surface area contributed by atoms with Crippen molar-refractivity contribution in [2.75, 3.05) is 0 Å². The van der Waals surface area contributed by atoms with Gasteiger partial charge in [-0.25, -0.2) is 4.98 Å². The third-order valence-electron chi connectivity index (χ3n) is 2.24. The van der Waals surface area contributed by atoms with Gasteiger partial charge >= 0.3 is 0 Å². The van der Waals surface area contributed by atoms with E-state index in [0.29, 0.717) is 5.69 Å². The zero-order chi connectivity index (χ0) is 10.8. The molecule has 0 saturated carbocycles. The number of hydrogen-bond donors (Lipinski definition) is 0. The molecule has 0 aliphatic rings. The highest BCUT2D eigenvalue weighted by atomic mass is 32.1. The maximum atomic E-state index is 9.00. The molecule has 15 heavy (non-hydrogen) atoms. The Morgan fingerprint density at radius 1 is 1.53 bits per heavy atom. The van der Waals surface area contributed by atoms with E-state index >= 15 is 0 Å². The van der Waals surface area contributed by atoms with Crippen molar-refractivity contribution in [2.24, 2.45) is 0 Å². The number of thiazole rings is 1. The van der Waals surface area contributed by atoms with Gasteiger partial charge in [0.15, 0.2) is 5.13 Å². The molecule has 0 aliphatic heterocycles. The molecule has 0 N–H and O–H groups in total. The van der Waals surface area contributed by atoms with Crippen LogP contribution in [-0.4, -0.2) is 9.55 Å². The van der Waals surface area contributed by atoms with Gasteiger partial charge in [0, 0.05) is 11.1 Å². The molecule has 2 aromatic rings. The number of nitrogens with zero attached hydrogens (tertiary/aromatic N) is 3. The minimum Gasteiger partial charge on any atom is -0.281 e. The van der Waals surface area contributed by atoms with Crippen molar-refractivity contribution >= 4 is 11.3 Å². The second-order valence-electron chi connectivity index (χ2n) is 3.28. The van der Waals surface area contributed by atoms with Crippen LogP contribution in [-0.2, 0) is 6.42 Å². The summed E-state index contributed by atoms with van der Waals surface area (Å²) in [5.41, 5.74) is 2.77. The van der Waals surface area contributed by atoms with Crippen LogP contribution in [0, 0.1) is 18.3 Å². The first-order valence-corrected chi connectivity index (χ1v) is 5.67. The Kier molecular flexibility index (Phi) is 2.57. The Morgan fingerprint density at radius 2 is 2.33 bits per heavy atom. The summed E-state index contributed by atoms with van der Waals surface area (Å²) in [6, 6.07) is 6.01. The van der Waals surface area contributed by atoms with Crippen molar-refractivity contribution in [3.05, 3.63) is 34.6 Å². The van der Waals surface area contributed by atoms with Crippen LogP contribution in [0.2, 0.25) is 0 Å². The summed E-state index contributed by atoms with van der Waals surface area (Å²) in [5.74, 6) is 0. The van der Waals surface area contributed by atoms with Gasteiger partial charge in [0.25, 0.3) is 0 Å². The van der Waals surface area contributed by atoms with Crippen LogP contribution in [0.3, 0.4) is 0 Å². The van der Waals surface area contributed by atoms with Crippen LogP contribution in [0.15, 0.2) is 17.5 Å². The van der Waals surface area contributed by atoms with E-state index in [1.807, 2.05) is 29.0 Å². The number of hydrogen-bond acceptors (Lipinski definition) is 3. The maximum Gasteiger partial charge on any atom is 0.195 e. The van der Waals surface area contributed by atoms with Crippen LogP contribution < -0.4 is 0 Å². The van der Waals surface area contributed by atoms with E-state index in [9.17, 15) is 0 Å². The molecule has 0 atom stereocenters. The quantitative estimate of drug-likeness (QED) is 0.776. The molecule has 0 bridgehead atoms. The fourth-order valence-electron chi connectivity index (χ4n) is 1.51. The first-order valence-electron chi connectivity index (χ1n) is 4.79. The third kappa shape index (κ3) is 1.66. The molecule has 0 aromatic carbocycles. The predicted molar refractivity (Wildman–Crippen MR) is 60.3 cm³/mol. The monoisotopic (exact) mass is 217 g/mol. The Bertz CT molecular complexity index is 516. The Balaban J connectivity index is 2.60. The molecule has 2 heterocycles. The van der Waals surface area contributed by atoms with Crippen LogP contribution in [0.5, 0.6) is 0 Å². The molecule has 0 amide bonds. The van der Waals surface area contributed by atoms with Gasteiger partial charge in [-0.15, -0.1) is 11.3 Å². The predicted octanol–water partition coefficient (Wildman–Crippen LogP) is 2.68. The van der Waals surface area contributed by atoms with Crippen LogP contribution in [0.1, 0.15) is 24.0 Å². The molecule has 0 radical (unpaired) electrons.